The van der Waals surface area contributed by atoms with Crippen molar-refractivity contribution in [2.75, 3.05) is 23.4 Å². The highest BCUT2D eigenvalue weighted by Gasteiger charge is 2.27. The molecule has 0 saturated heterocycles. The van der Waals surface area contributed by atoms with Crippen LogP contribution in [0, 0.1) is 11.3 Å². The van der Waals surface area contributed by atoms with Gasteiger partial charge >= 0.3 is 0 Å². The third-order valence-electron chi connectivity index (χ3n) is 3.09. The highest BCUT2D eigenvalue weighted by Crippen LogP contribution is 2.46. The summed E-state index contributed by atoms with van der Waals surface area (Å²) in [5.74, 6) is -0.0976. The monoisotopic (exact) mass is 361 g/mol. The van der Waals surface area contributed by atoms with Crippen molar-refractivity contribution in [1.82, 2.24) is 10.2 Å². The van der Waals surface area contributed by atoms with Gasteiger partial charge < -0.3 is 10.6 Å². The van der Waals surface area contributed by atoms with Crippen LogP contribution in [0.3, 0.4) is 0 Å². The predicted molar refractivity (Wildman–Crippen MR) is 93.4 cm³/mol. The largest absolute Gasteiger partial charge is 0.374 e. The number of carbonyl (C=O) groups excluding carboxylic acids is 1. The lowest BCUT2D eigenvalue weighted by atomic mass is 10.2. The molecule has 3 rings (SSSR count). The van der Waals surface area contributed by atoms with Gasteiger partial charge in [0.15, 0.2) is 10.1 Å². The number of para-hydroxylation sites is 1. The fourth-order valence-corrected chi connectivity index (χ4v) is 4.70. The van der Waals surface area contributed by atoms with Crippen LogP contribution in [-0.2, 0) is 4.79 Å². The molecule has 1 aromatic carbocycles. The smallest absolute Gasteiger partial charge is 0.203 e. The van der Waals surface area contributed by atoms with Crippen molar-refractivity contribution < 1.29 is 4.79 Å². The third kappa shape index (κ3) is 3.19. The van der Waals surface area contributed by atoms with Gasteiger partial charge in [-0.3, -0.25) is 4.79 Å². The summed E-state index contributed by atoms with van der Waals surface area (Å²) >= 11 is 3.90. The van der Waals surface area contributed by atoms with E-state index in [0.717, 1.165) is 10.6 Å². The summed E-state index contributed by atoms with van der Waals surface area (Å²) in [6, 6.07) is 9.86. The number of hydrogen-bond donors (Lipinski definition) is 1. The van der Waals surface area contributed by atoms with Crippen molar-refractivity contribution in [1.29, 1.82) is 5.26 Å². The number of Topliss-reactive ketones (excluding diaryl/α,β-unsaturated/α-hetero) is 1. The van der Waals surface area contributed by atoms with E-state index in [9.17, 15) is 10.1 Å². The number of carbonyl (C=O) groups is 1. The van der Waals surface area contributed by atoms with Gasteiger partial charge in [-0.05, 0) is 12.1 Å². The number of allylic oxidation sites excluding steroid dienone is 1. The zero-order valence-corrected chi connectivity index (χ0v) is 14.5. The lowest BCUT2D eigenvalue weighted by molar-refractivity contribution is -0.112. The Kier molecular flexibility index (Phi) is 4.56. The van der Waals surface area contributed by atoms with Crippen LogP contribution in [0.25, 0.3) is 0 Å². The van der Waals surface area contributed by atoms with Gasteiger partial charge in [-0.25, -0.2) is 0 Å². The number of nitriles is 1. The first-order valence-electron chi connectivity index (χ1n) is 6.50. The van der Waals surface area contributed by atoms with E-state index < -0.39 is 0 Å². The Labute approximate surface area is 145 Å². The molecule has 2 heterocycles. The second kappa shape index (κ2) is 6.62. The second-order valence-corrected chi connectivity index (χ2v) is 7.80. The van der Waals surface area contributed by atoms with Crippen LogP contribution in [0.5, 0.6) is 0 Å². The van der Waals surface area contributed by atoms with Crippen LogP contribution < -0.4 is 10.6 Å². The summed E-state index contributed by atoms with van der Waals surface area (Å²) in [4.78, 5) is 15.3. The molecule has 0 atom stereocenters. The quantitative estimate of drug-likeness (QED) is 0.504. The normalized spacial score (nSPS) is 15.2. The molecule has 116 valence electrons. The Bertz CT molecular complexity index is 839. The predicted octanol–water partition coefficient (Wildman–Crippen LogP) is 2.76. The summed E-state index contributed by atoms with van der Waals surface area (Å²) in [7, 11) is 1.86. The number of aromatic nitrogens is 2. The molecule has 2 N–H and O–H groups in total. The molecule has 0 aliphatic carbocycles. The van der Waals surface area contributed by atoms with E-state index in [2.05, 4.69) is 10.2 Å². The van der Waals surface area contributed by atoms with E-state index in [4.69, 9.17) is 5.73 Å². The summed E-state index contributed by atoms with van der Waals surface area (Å²) in [6.07, 6.45) is 0. The molecular formula is C14H11N5OS3. The number of hydrogen-bond acceptors (Lipinski definition) is 9. The lowest BCUT2D eigenvalue weighted by Crippen LogP contribution is -2.16. The SMILES string of the molecule is CN1/C(=C(\C#N)C(=O)CSc2nnc(N)s2)Sc2ccccc21. The maximum atomic E-state index is 12.4. The summed E-state index contributed by atoms with van der Waals surface area (Å²) in [5.41, 5.74) is 6.68. The Balaban J connectivity index is 1.80. The topological polar surface area (TPSA) is 95.9 Å². The molecule has 1 aliphatic heterocycles. The van der Waals surface area contributed by atoms with Gasteiger partial charge in [-0.2, -0.15) is 5.26 Å². The average molecular weight is 361 g/mol. The summed E-state index contributed by atoms with van der Waals surface area (Å²) in [6.45, 7) is 0. The molecule has 23 heavy (non-hydrogen) atoms. The zero-order valence-electron chi connectivity index (χ0n) is 12.0. The molecule has 0 amide bonds. The van der Waals surface area contributed by atoms with Crippen LogP contribution in [0.2, 0.25) is 0 Å². The van der Waals surface area contributed by atoms with Gasteiger partial charge in [0.05, 0.1) is 11.4 Å². The molecular weight excluding hydrogens is 350 g/mol. The number of nitrogens with zero attached hydrogens (tertiary/aromatic N) is 4. The first-order chi connectivity index (χ1) is 11.1. The highest BCUT2D eigenvalue weighted by molar-refractivity contribution is 8.04. The van der Waals surface area contributed by atoms with Gasteiger partial charge in [0.25, 0.3) is 0 Å². The van der Waals surface area contributed by atoms with Gasteiger partial charge in [0.1, 0.15) is 16.7 Å². The number of rotatable bonds is 4. The molecule has 0 unspecified atom stereocenters. The fraction of sp³-hybridized carbons (Fsp3) is 0.143. The summed E-state index contributed by atoms with van der Waals surface area (Å²) < 4.78 is 0.619. The number of nitrogen functional groups attached to an aromatic ring is 1. The van der Waals surface area contributed by atoms with Crippen LogP contribution in [-0.4, -0.2) is 28.8 Å². The minimum atomic E-state index is -0.228. The first-order valence-corrected chi connectivity index (χ1v) is 9.12. The Morgan fingerprint density at radius 2 is 2.22 bits per heavy atom. The van der Waals surface area contributed by atoms with E-state index in [1.54, 1.807) is 0 Å². The molecule has 0 radical (unpaired) electrons. The maximum absolute atomic E-state index is 12.4. The van der Waals surface area contributed by atoms with Crippen LogP contribution >= 0.6 is 34.9 Å². The average Bonchev–Trinajstić information content (AvgIpc) is 3.11. The lowest BCUT2D eigenvalue weighted by Gasteiger charge is -2.14. The minimum absolute atomic E-state index is 0.131. The molecule has 0 saturated carbocycles. The Morgan fingerprint density at radius 3 is 2.87 bits per heavy atom. The van der Waals surface area contributed by atoms with Gasteiger partial charge in [-0.1, -0.05) is 47.0 Å². The molecule has 6 nitrogen and oxygen atoms in total. The number of fused-ring (bicyclic) bond motifs is 1. The van der Waals surface area contributed by atoms with E-state index in [0.29, 0.717) is 14.5 Å². The van der Waals surface area contributed by atoms with Gasteiger partial charge in [0, 0.05) is 11.9 Å². The summed E-state index contributed by atoms with van der Waals surface area (Å²) in [5, 5.41) is 18.0. The molecule has 2 aromatic rings. The van der Waals surface area contributed by atoms with Crippen LogP contribution in [0.1, 0.15) is 0 Å². The molecule has 0 bridgehead atoms. The van der Waals surface area contributed by atoms with E-state index in [1.165, 1.54) is 34.9 Å². The number of nitrogens with two attached hydrogens (primary N) is 1. The first kappa shape index (κ1) is 15.9. The van der Waals surface area contributed by atoms with Crippen LogP contribution in [0.15, 0.2) is 44.1 Å². The van der Waals surface area contributed by atoms with Crippen molar-refractivity contribution >= 4 is 51.5 Å². The number of ketones is 1. The van der Waals surface area contributed by atoms with Crippen molar-refractivity contribution in [3.8, 4) is 6.07 Å². The number of benzene rings is 1. The Morgan fingerprint density at radius 1 is 1.43 bits per heavy atom. The molecule has 9 heteroatoms. The molecule has 0 spiro atoms. The standard InChI is InChI=1S/C14H11N5OS3/c1-19-9-4-2-3-5-11(9)22-12(19)8(6-15)10(20)7-21-14-18-17-13(16)23-14/h2-5H,7H2,1H3,(H2,16,17)/b12-8-. The van der Waals surface area contributed by atoms with Crippen molar-refractivity contribution in [3.05, 3.63) is 34.9 Å². The molecule has 1 aromatic heterocycles. The van der Waals surface area contributed by atoms with Gasteiger partial charge in [-0.15, -0.1) is 10.2 Å². The van der Waals surface area contributed by atoms with Crippen molar-refractivity contribution in [3.63, 3.8) is 0 Å². The number of thioether (sulfide) groups is 2. The molecule has 0 fully saturated rings. The van der Waals surface area contributed by atoms with E-state index in [1.807, 2.05) is 42.3 Å². The fourth-order valence-electron chi connectivity index (χ4n) is 2.03. The van der Waals surface area contributed by atoms with Crippen molar-refractivity contribution in [2.24, 2.45) is 0 Å². The molecule has 1 aliphatic rings. The van der Waals surface area contributed by atoms with Crippen LogP contribution in [0.4, 0.5) is 10.8 Å². The maximum Gasteiger partial charge on any atom is 0.203 e. The highest BCUT2D eigenvalue weighted by atomic mass is 32.2. The van der Waals surface area contributed by atoms with E-state index >= 15 is 0 Å². The number of anilines is 2. The van der Waals surface area contributed by atoms with E-state index in [-0.39, 0.29) is 17.1 Å². The van der Waals surface area contributed by atoms with Gasteiger partial charge in [0.2, 0.25) is 5.13 Å². The zero-order chi connectivity index (χ0) is 16.4. The third-order valence-corrected chi connectivity index (χ3v) is 6.21. The minimum Gasteiger partial charge on any atom is -0.374 e. The Hall–Kier alpha value is -2.02. The van der Waals surface area contributed by atoms with Crippen molar-refractivity contribution in [2.45, 2.75) is 9.24 Å². The second-order valence-electron chi connectivity index (χ2n) is 4.54.